The third-order valence-electron chi connectivity index (χ3n) is 5.27. The Labute approximate surface area is 170 Å². The van der Waals surface area contributed by atoms with Crippen molar-refractivity contribution in [1.82, 2.24) is 9.80 Å². The van der Waals surface area contributed by atoms with Crippen LogP contribution in [-0.4, -0.2) is 59.9 Å². The highest BCUT2D eigenvalue weighted by molar-refractivity contribution is 6.46. The Morgan fingerprint density at radius 2 is 1.86 bits per heavy atom. The van der Waals surface area contributed by atoms with Crippen LogP contribution < -0.4 is 4.74 Å². The number of methoxy groups -OCH3 is 1. The summed E-state index contributed by atoms with van der Waals surface area (Å²) in [6, 6.07) is 9.33. The molecular formula is C22H26N2O5. The summed E-state index contributed by atoms with van der Waals surface area (Å²) in [5.74, 6) is -0.492. The molecule has 2 heterocycles. The molecule has 1 amide bonds. The fourth-order valence-electron chi connectivity index (χ4n) is 3.55. The predicted octanol–water partition coefficient (Wildman–Crippen LogP) is 3.05. The SMILES string of the molecule is CCN(CC)CCN1C(=O)C(=O)/C(=C(\O)c2ccc(OC)cc2)[C@H]1c1ccco1. The van der Waals surface area contributed by atoms with Gasteiger partial charge in [0.1, 0.15) is 23.3 Å². The van der Waals surface area contributed by atoms with Crippen molar-refractivity contribution in [1.29, 1.82) is 0 Å². The molecule has 3 rings (SSSR count). The van der Waals surface area contributed by atoms with Crippen LogP contribution in [0.1, 0.15) is 31.2 Å². The number of rotatable bonds is 8. The minimum Gasteiger partial charge on any atom is -0.507 e. The summed E-state index contributed by atoms with van der Waals surface area (Å²) in [5.41, 5.74) is 0.471. The molecule has 1 N–H and O–H groups in total. The molecule has 0 saturated carbocycles. The average Bonchev–Trinajstić information content (AvgIpc) is 3.36. The molecule has 1 atom stereocenters. The number of carbonyl (C=O) groups is 2. The van der Waals surface area contributed by atoms with E-state index >= 15 is 0 Å². The molecule has 1 aromatic heterocycles. The molecule has 7 heteroatoms. The number of aliphatic hydroxyl groups excluding tert-OH is 1. The van der Waals surface area contributed by atoms with Gasteiger partial charge in [-0.05, 0) is 49.5 Å². The van der Waals surface area contributed by atoms with E-state index in [1.165, 1.54) is 11.2 Å². The molecule has 0 bridgehead atoms. The smallest absolute Gasteiger partial charge is 0.295 e. The van der Waals surface area contributed by atoms with Crippen molar-refractivity contribution in [3.63, 3.8) is 0 Å². The van der Waals surface area contributed by atoms with Gasteiger partial charge in [0.05, 0.1) is 18.9 Å². The Bertz CT molecular complexity index is 882. The van der Waals surface area contributed by atoms with Gasteiger partial charge in [0.2, 0.25) is 0 Å². The van der Waals surface area contributed by atoms with Gasteiger partial charge < -0.3 is 24.1 Å². The number of carbonyl (C=O) groups excluding carboxylic acids is 2. The summed E-state index contributed by atoms with van der Waals surface area (Å²) in [6.07, 6.45) is 1.49. The number of ketones is 1. The number of nitrogens with zero attached hydrogens (tertiary/aromatic N) is 2. The number of Topliss-reactive ketones (excluding diaryl/α,β-unsaturated/α-hetero) is 1. The molecule has 2 aromatic rings. The summed E-state index contributed by atoms with van der Waals surface area (Å²) in [4.78, 5) is 29.3. The zero-order chi connectivity index (χ0) is 21.0. The highest BCUT2D eigenvalue weighted by Gasteiger charge is 2.47. The highest BCUT2D eigenvalue weighted by Crippen LogP contribution is 2.39. The number of likely N-dealkylation sites (tertiary alicyclic amines) is 1. The van der Waals surface area contributed by atoms with Gasteiger partial charge in [-0.25, -0.2) is 0 Å². The van der Waals surface area contributed by atoms with Crippen molar-refractivity contribution in [2.24, 2.45) is 0 Å². The number of likely N-dealkylation sites (N-methyl/N-ethyl adjacent to an activating group) is 1. The van der Waals surface area contributed by atoms with E-state index in [4.69, 9.17) is 9.15 Å². The lowest BCUT2D eigenvalue weighted by Crippen LogP contribution is -2.37. The zero-order valence-corrected chi connectivity index (χ0v) is 16.9. The molecule has 0 unspecified atom stereocenters. The average molecular weight is 398 g/mol. The fraction of sp³-hybridized carbons (Fsp3) is 0.364. The molecule has 1 saturated heterocycles. The number of hydrogen-bond donors (Lipinski definition) is 1. The zero-order valence-electron chi connectivity index (χ0n) is 16.9. The molecule has 1 aromatic carbocycles. The van der Waals surface area contributed by atoms with Crippen LogP contribution in [0.5, 0.6) is 5.75 Å². The normalized spacial score (nSPS) is 18.6. The number of amides is 1. The molecule has 29 heavy (non-hydrogen) atoms. The maximum atomic E-state index is 12.9. The van der Waals surface area contributed by atoms with Gasteiger partial charge >= 0.3 is 0 Å². The van der Waals surface area contributed by atoms with Crippen LogP contribution in [0.25, 0.3) is 5.76 Å². The monoisotopic (exact) mass is 398 g/mol. The second-order valence-corrected chi connectivity index (χ2v) is 6.76. The first-order valence-corrected chi connectivity index (χ1v) is 9.70. The van der Waals surface area contributed by atoms with Crippen LogP contribution in [0.3, 0.4) is 0 Å². The van der Waals surface area contributed by atoms with Crippen LogP contribution in [0, 0.1) is 0 Å². The third-order valence-corrected chi connectivity index (χ3v) is 5.27. The van der Waals surface area contributed by atoms with E-state index in [1.54, 1.807) is 43.5 Å². The number of aliphatic hydroxyl groups is 1. The number of furan rings is 1. The molecule has 154 valence electrons. The van der Waals surface area contributed by atoms with Crippen molar-refractivity contribution < 1.29 is 23.8 Å². The highest BCUT2D eigenvalue weighted by atomic mass is 16.5. The summed E-state index contributed by atoms with van der Waals surface area (Å²) in [7, 11) is 1.55. The summed E-state index contributed by atoms with van der Waals surface area (Å²) in [5, 5.41) is 10.9. The van der Waals surface area contributed by atoms with E-state index in [0.29, 0.717) is 30.2 Å². The first-order valence-electron chi connectivity index (χ1n) is 9.70. The van der Waals surface area contributed by atoms with E-state index in [1.807, 2.05) is 13.8 Å². The van der Waals surface area contributed by atoms with E-state index in [-0.39, 0.29) is 11.3 Å². The number of benzene rings is 1. The van der Waals surface area contributed by atoms with Gasteiger partial charge in [-0.15, -0.1) is 0 Å². The predicted molar refractivity (Wildman–Crippen MR) is 108 cm³/mol. The Morgan fingerprint density at radius 1 is 1.17 bits per heavy atom. The topological polar surface area (TPSA) is 83.2 Å². The molecule has 7 nitrogen and oxygen atoms in total. The van der Waals surface area contributed by atoms with E-state index in [0.717, 1.165) is 13.1 Å². The second-order valence-electron chi connectivity index (χ2n) is 6.76. The number of hydrogen-bond acceptors (Lipinski definition) is 6. The van der Waals surface area contributed by atoms with Crippen LogP contribution in [-0.2, 0) is 9.59 Å². The van der Waals surface area contributed by atoms with Crippen molar-refractivity contribution in [3.05, 3.63) is 59.6 Å². The van der Waals surface area contributed by atoms with E-state index in [2.05, 4.69) is 4.90 Å². The minimum absolute atomic E-state index is 0.0367. The molecule has 1 aliphatic rings. The fourth-order valence-corrected chi connectivity index (χ4v) is 3.55. The molecule has 1 fully saturated rings. The van der Waals surface area contributed by atoms with Crippen molar-refractivity contribution in [2.45, 2.75) is 19.9 Å². The van der Waals surface area contributed by atoms with Gasteiger partial charge in [-0.2, -0.15) is 0 Å². The molecule has 0 aliphatic carbocycles. The van der Waals surface area contributed by atoms with Crippen molar-refractivity contribution in [3.8, 4) is 5.75 Å². The maximum absolute atomic E-state index is 12.9. The van der Waals surface area contributed by atoms with Crippen LogP contribution in [0.4, 0.5) is 0 Å². The molecule has 0 radical (unpaired) electrons. The van der Waals surface area contributed by atoms with Crippen LogP contribution in [0.15, 0.2) is 52.7 Å². The lowest BCUT2D eigenvalue weighted by atomic mass is 9.99. The summed E-state index contributed by atoms with van der Waals surface area (Å²) < 4.78 is 10.7. The number of ether oxygens (including phenoxy) is 1. The van der Waals surface area contributed by atoms with Crippen LogP contribution in [0.2, 0.25) is 0 Å². The Morgan fingerprint density at radius 3 is 2.41 bits per heavy atom. The molecule has 0 spiro atoms. The molecule has 1 aliphatic heterocycles. The van der Waals surface area contributed by atoms with Crippen molar-refractivity contribution >= 4 is 17.4 Å². The Hall–Kier alpha value is -3.06. The van der Waals surface area contributed by atoms with Gasteiger partial charge in [0.25, 0.3) is 11.7 Å². The first-order chi connectivity index (χ1) is 14.0. The lowest BCUT2D eigenvalue weighted by Gasteiger charge is -2.26. The van der Waals surface area contributed by atoms with E-state index < -0.39 is 17.7 Å². The van der Waals surface area contributed by atoms with Gasteiger partial charge in [0, 0.05) is 18.7 Å². The summed E-state index contributed by atoms with van der Waals surface area (Å²) >= 11 is 0. The minimum atomic E-state index is -0.761. The first kappa shape index (κ1) is 20.7. The lowest BCUT2D eigenvalue weighted by molar-refractivity contribution is -0.140. The third kappa shape index (κ3) is 4.05. The molecular weight excluding hydrogens is 372 g/mol. The van der Waals surface area contributed by atoms with Gasteiger partial charge in [-0.3, -0.25) is 9.59 Å². The van der Waals surface area contributed by atoms with Gasteiger partial charge in [0.15, 0.2) is 0 Å². The van der Waals surface area contributed by atoms with E-state index in [9.17, 15) is 14.7 Å². The standard InChI is InChI=1S/C22H26N2O5/c1-4-23(5-2)12-13-24-19(17-7-6-14-29-17)18(21(26)22(24)27)20(25)15-8-10-16(28-3)11-9-15/h6-11,14,19,25H,4-5,12-13H2,1-3H3/b20-18-/t19-/m1/s1. The van der Waals surface area contributed by atoms with Crippen LogP contribution >= 0.6 is 0 Å². The largest absolute Gasteiger partial charge is 0.507 e. The Balaban J connectivity index is 2.02. The maximum Gasteiger partial charge on any atom is 0.295 e. The summed E-state index contributed by atoms with van der Waals surface area (Å²) in [6.45, 7) is 6.77. The quantitative estimate of drug-likeness (QED) is 0.418. The Kier molecular flexibility index (Phi) is 6.39. The van der Waals surface area contributed by atoms with Crippen molar-refractivity contribution in [2.75, 3.05) is 33.3 Å². The second kappa shape index (κ2) is 8.96. The van der Waals surface area contributed by atoms with Gasteiger partial charge in [-0.1, -0.05) is 13.8 Å².